The molecule has 1 amide bonds. The van der Waals surface area contributed by atoms with Crippen molar-refractivity contribution >= 4 is 23.5 Å². The highest BCUT2D eigenvalue weighted by Crippen LogP contribution is 2.26. The normalized spacial score (nSPS) is 15.2. The number of carbonyl (C=O) groups excluding carboxylic acids is 1. The topological polar surface area (TPSA) is 71.3 Å². The number of hydrogen-bond acceptors (Lipinski definition) is 5. The second-order valence-corrected chi connectivity index (χ2v) is 7.32. The summed E-state index contributed by atoms with van der Waals surface area (Å²) in [4.78, 5) is 14.9. The second kappa shape index (κ2) is 8.61. The molecule has 1 atom stereocenters. The van der Waals surface area contributed by atoms with E-state index in [1.165, 1.54) is 18.6 Å². The summed E-state index contributed by atoms with van der Waals surface area (Å²) in [5.74, 6) is -0.806. The monoisotopic (exact) mass is 414 g/mol. The lowest BCUT2D eigenvalue weighted by atomic mass is 10.1. The number of anilines is 1. The molecular formula is C21H20ClFN4O2. The Morgan fingerprint density at radius 3 is 2.62 bits per heavy atom. The summed E-state index contributed by atoms with van der Waals surface area (Å²) in [6, 6.07) is 12.7. The van der Waals surface area contributed by atoms with Gasteiger partial charge in [-0.3, -0.25) is 4.79 Å². The minimum absolute atomic E-state index is 0.0448. The van der Waals surface area contributed by atoms with Crippen molar-refractivity contribution in [2.75, 3.05) is 18.0 Å². The Balaban J connectivity index is 1.63. The molecule has 0 spiro atoms. The van der Waals surface area contributed by atoms with Gasteiger partial charge in [0, 0.05) is 13.1 Å². The van der Waals surface area contributed by atoms with Gasteiger partial charge in [-0.15, -0.1) is 5.10 Å². The predicted octanol–water partition coefficient (Wildman–Crippen LogP) is 4.37. The van der Waals surface area contributed by atoms with Gasteiger partial charge in [0.05, 0.1) is 10.6 Å². The summed E-state index contributed by atoms with van der Waals surface area (Å²) in [6.07, 6.45) is 3.35. The number of nitrogens with zero attached hydrogens (tertiary/aromatic N) is 3. The zero-order valence-electron chi connectivity index (χ0n) is 15.6. The standard InChI is InChI=1S/C21H20ClFN4O2/c22-17-10-9-15(23)13-16(17)19(28)24-18(14-7-3-1-4-8-14)20-25-26-21(29-20)27-11-5-2-6-12-27/h1,3-4,7-10,13,18H,2,5-6,11-12H2,(H,24,28)/t18-/m0/s1. The van der Waals surface area contributed by atoms with Crippen LogP contribution in [0.2, 0.25) is 5.02 Å². The van der Waals surface area contributed by atoms with Gasteiger partial charge < -0.3 is 14.6 Å². The summed E-state index contributed by atoms with van der Waals surface area (Å²) in [7, 11) is 0. The van der Waals surface area contributed by atoms with Gasteiger partial charge in [-0.1, -0.05) is 47.0 Å². The number of hydrogen-bond donors (Lipinski definition) is 1. The van der Waals surface area contributed by atoms with Crippen LogP contribution >= 0.6 is 11.6 Å². The number of amides is 1. The maximum atomic E-state index is 13.6. The first-order valence-corrected chi connectivity index (χ1v) is 9.89. The third-order valence-electron chi connectivity index (χ3n) is 4.88. The van der Waals surface area contributed by atoms with Crippen molar-refractivity contribution in [2.45, 2.75) is 25.3 Å². The fourth-order valence-electron chi connectivity index (χ4n) is 3.37. The van der Waals surface area contributed by atoms with Crippen LogP contribution < -0.4 is 10.2 Å². The maximum Gasteiger partial charge on any atom is 0.318 e. The minimum atomic E-state index is -0.686. The molecule has 0 saturated carbocycles. The molecule has 0 aliphatic carbocycles. The zero-order chi connectivity index (χ0) is 20.2. The van der Waals surface area contributed by atoms with E-state index in [1.807, 2.05) is 35.2 Å². The number of aromatic nitrogens is 2. The molecule has 1 fully saturated rings. The van der Waals surface area contributed by atoms with Crippen molar-refractivity contribution in [1.82, 2.24) is 15.5 Å². The van der Waals surface area contributed by atoms with E-state index in [0.29, 0.717) is 6.01 Å². The van der Waals surface area contributed by atoms with Crippen molar-refractivity contribution < 1.29 is 13.6 Å². The van der Waals surface area contributed by atoms with E-state index < -0.39 is 17.8 Å². The van der Waals surface area contributed by atoms with E-state index in [9.17, 15) is 9.18 Å². The average molecular weight is 415 g/mol. The largest absolute Gasteiger partial charge is 0.405 e. The molecule has 6 nitrogen and oxygen atoms in total. The Kier molecular flexibility index (Phi) is 5.76. The number of piperidine rings is 1. The Bertz CT molecular complexity index is 989. The van der Waals surface area contributed by atoms with Crippen LogP contribution in [0.3, 0.4) is 0 Å². The Morgan fingerprint density at radius 1 is 1.10 bits per heavy atom. The van der Waals surface area contributed by atoms with E-state index in [0.717, 1.165) is 37.6 Å². The van der Waals surface area contributed by atoms with Crippen LogP contribution in [0.5, 0.6) is 0 Å². The first-order chi connectivity index (χ1) is 14.1. The number of carbonyl (C=O) groups is 1. The molecule has 0 radical (unpaired) electrons. The zero-order valence-corrected chi connectivity index (χ0v) is 16.4. The molecule has 2 heterocycles. The number of rotatable bonds is 5. The predicted molar refractivity (Wildman–Crippen MR) is 108 cm³/mol. The van der Waals surface area contributed by atoms with Crippen LogP contribution in [-0.4, -0.2) is 29.2 Å². The lowest BCUT2D eigenvalue weighted by Gasteiger charge is -2.24. The van der Waals surface area contributed by atoms with Crippen LogP contribution in [0.25, 0.3) is 0 Å². The molecule has 1 saturated heterocycles. The fourth-order valence-corrected chi connectivity index (χ4v) is 3.57. The Morgan fingerprint density at radius 2 is 1.86 bits per heavy atom. The van der Waals surface area contributed by atoms with Crippen molar-refractivity contribution in [3.05, 3.63) is 76.4 Å². The van der Waals surface area contributed by atoms with E-state index in [1.54, 1.807) is 0 Å². The average Bonchev–Trinajstić information content (AvgIpc) is 3.25. The quantitative estimate of drug-likeness (QED) is 0.671. The van der Waals surface area contributed by atoms with Crippen molar-refractivity contribution in [3.8, 4) is 0 Å². The third-order valence-corrected chi connectivity index (χ3v) is 5.21. The molecule has 1 aromatic heterocycles. The van der Waals surface area contributed by atoms with E-state index in [4.69, 9.17) is 16.0 Å². The first kappa shape index (κ1) is 19.4. The van der Waals surface area contributed by atoms with Gasteiger partial charge >= 0.3 is 6.01 Å². The lowest BCUT2D eigenvalue weighted by molar-refractivity contribution is 0.0937. The second-order valence-electron chi connectivity index (χ2n) is 6.91. The highest BCUT2D eigenvalue weighted by molar-refractivity contribution is 6.33. The molecule has 0 unspecified atom stereocenters. The van der Waals surface area contributed by atoms with Crippen molar-refractivity contribution in [2.24, 2.45) is 0 Å². The van der Waals surface area contributed by atoms with Crippen LogP contribution in [-0.2, 0) is 0 Å². The molecule has 1 aliphatic heterocycles. The molecule has 3 aromatic rings. The Labute approximate surface area is 172 Å². The van der Waals surface area contributed by atoms with Crippen LogP contribution in [0.15, 0.2) is 52.9 Å². The van der Waals surface area contributed by atoms with Gasteiger partial charge in [0.25, 0.3) is 5.91 Å². The summed E-state index contributed by atoms with van der Waals surface area (Å²) in [6.45, 7) is 1.73. The van der Waals surface area contributed by atoms with Gasteiger partial charge in [-0.25, -0.2) is 4.39 Å². The maximum absolute atomic E-state index is 13.6. The molecule has 1 aliphatic rings. The molecule has 4 rings (SSSR count). The van der Waals surface area contributed by atoms with Crippen LogP contribution in [0, 0.1) is 5.82 Å². The van der Waals surface area contributed by atoms with Crippen molar-refractivity contribution in [1.29, 1.82) is 0 Å². The fraction of sp³-hybridized carbons (Fsp3) is 0.286. The molecule has 1 N–H and O–H groups in total. The molecular weight excluding hydrogens is 395 g/mol. The van der Waals surface area contributed by atoms with Gasteiger partial charge in [-0.2, -0.15) is 0 Å². The highest BCUT2D eigenvalue weighted by Gasteiger charge is 2.26. The molecule has 8 heteroatoms. The van der Waals surface area contributed by atoms with Gasteiger partial charge in [0.1, 0.15) is 11.9 Å². The van der Waals surface area contributed by atoms with Gasteiger partial charge in [0.2, 0.25) is 5.89 Å². The first-order valence-electron chi connectivity index (χ1n) is 9.51. The number of benzene rings is 2. The molecule has 150 valence electrons. The summed E-state index contributed by atoms with van der Waals surface area (Å²) < 4.78 is 19.5. The SMILES string of the molecule is O=C(N[C@@H](c1ccccc1)c1nnc(N2CCCCC2)o1)c1cc(F)ccc1Cl. The highest BCUT2D eigenvalue weighted by atomic mass is 35.5. The Hall–Kier alpha value is -2.93. The van der Waals surface area contributed by atoms with Gasteiger partial charge in [-0.05, 0) is 43.0 Å². The third kappa shape index (κ3) is 4.40. The summed E-state index contributed by atoms with van der Waals surface area (Å²) in [5.41, 5.74) is 0.811. The summed E-state index contributed by atoms with van der Waals surface area (Å²) >= 11 is 6.09. The minimum Gasteiger partial charge on any atom is -0.405 e. The smallest absolute Gasteiger partial charge is 0.318 e. The van der Waals surface area contributed by atoms with Gasteiger partial charge in [0.15, 0.2) is 0 Å². The number of nitrogens with one attached hydrogen (secondary N) is 1. The van der Waals surface area contributed by atoms with E-state index in [-0.39, 0.29) is 16.5 Å². The van der Waals surface area contributed by atoms with Crippen molar-refractivity contribution in [3.63, 3.8) is 0 Å². The van der Waals surface area contributed by atoms with Crippen LogP contribution in [0.1, 0.15) is 47.1 Å². The molecule has 29 heavy (non-hydrogen) atoms. The lowest BCUT2D eigenvalue weighted by Crippen LogP contribution is -2.30. The summed E-state index contributed by atoms with van der Waals surface area (Å²) in [5, 5.41) is 11.4. The molecule has 0 bridgehead atoms. The van der Waals surface area contributed by atoms with Crippen LogP contribution in [0.4, 0.5) is 10.4 Å². The molecule has 2 aromatic carbocycles. The number of halogens is 2. The van der Waals surface area contributed by atoms with E-state index in [2.05, 4.69) is 15.5 Å². The van der Waals surface area contributed by atoms with E-state index >= 15 is 0 Å².